The molecular formula is C14H21NO2. The van der Waals surface area contributed by atoms with Crippen molar-refractivity contribution in [3.05, 3.63) is 29.8 Å². The highest BCUT2D eigenvalue weighted by molar-refractivity contribution is 5.27. The number of methoxy groups -OCH3 is 1. The van der Waals surface area contributed by atoms with E-state index >= 15 is 0 Å². The quantitative estimate of drug-likeness (QED) is 0.756. The summed E-state index contributed by atoms with van der Waals surface area (Å²) in [7, 11) is 1.67. The van der Waals surface area contributed by atoms with Crippen molar-refractivity contribution in [1.82, 2.24) is 5.32 Å². The van der Waals surface area contributed by atoms with Gasteiger partial charge in [0.15, 0.2) is 0 Å². The molecule has 2 N–H and O–H groups in total. The van der Waals surface area contributed by atoms with E-state index < -0.39 is 0 Å². The standard InChI is InChI=1S/C14H21NO2/c1-17-14-8-3-11(4-9-14)2-7-13(16)10-15-12-5-6-12/h3-4,8-9,12-13,15-16H,2,5-7,10H2,1H3. The molecule has 0 radical (unpaired) electrons. The third-order valence-corrected chi connectivity index (χ3v) is 3.14. The minimum Gasteiger partial charge on any atom is -0.497 e. The van der Waals surface area contributed by atoms with Crippen LogP contribution >= 0.6 is 0 Å². The van der Waals surface area contributed by atoms with Gasteiger partial charge in [-0.25, -0.2) is 0 Å². The Bertz CT molecular complexity index is 333. The molecule has 1 fully saturated rings. The smallest absolute Gasteiger partial charge is 0.118 e. The van der Waals surface area contributed by atoms with Gasteiger partial charge in [0.2, 0.25) is 0 Å². The Balaban J connectivity index is 1.68. The highest BCUT2D eigenvalue weighted by Gasteiger charge is 2.21. The number of benzene rings is 1. The largest absolute Gasteiger partial charge is 0.497 e. The second-order valence-electron chi connectivity index (χ2n) is 4.72. The molecule has 1 aliphatic carbocycles. The van der Waals surface area contributed by atoms with Crippen LogP contribution in [0.2, 0.25) is 0 Å². The minimum absolute atomic E-state index is 0.238. The molecule has 1 aromatic rings. The normalized spacial score (nSPS) is 16.8. The molecule has 2 rings (SSSR count). The number of ether oxygens (including phenoxy) is 1. The van der Waals surface area contributed by atoms with Crippen molar-refractivity contribution in [2.24, 2.45) is 0 Å². The lowest BCUT2D eigenvalue weighted by atomic mass is 10.1. The Morgan fingerprint density at radius 2 is 2.06 bits per heavy atom. The van der Waals surface area contributed by atoms with Gasteiger partial charge in [0.1, 0.15) is 5.75 Å². The van der Waals surface area contributed by atoms with Gasteiger partial charge in [-0.05, 0) is 43.4 Å². The summed E-state index contributed by atoms with van der Waals surface area (Å²) in [5.74, 6) is 0.879. The number of aliphatic hydroxyl groups is 1. The molecule has 3 nitrogen and oxygen atoms in total. The van der Waals surface area contributed by atoms with E-state index in [1.54, 1.807) is 7.11 Å². The van der Waals surface area contributed by atoms with Gasteiger partial charge in [-0.3, -0.25) is 0 Å². The second kappa shape index (κ2) is 6.03. The van der Waals surface area contributed by atoms with Crippen molar-refractivity contribution in [2.75, 3.05) is 13.7 Å². The van der Waals surface area contributed by atoms with Crippen LogP contribution in [0.15, 0.2) is 24.3 Å². The Hall–Kier alpha value is -1.06. The lowest BCUT2D eigenvalue weighted by Crippen LogP contribution is -2.28. The van der Waals surface area contributed by atoms with Crippen molar-refractivity contribution in [2.45, 2.75) is 37.8 Å². The molecular weight excluding hydrogens is 214 g/mol. The molecule has 3 heteroatoms. The molecule has 1 atom stereocenters. The van der Waals surface area contributed by atoms with Crippen LogP contribution < -0.4 is 10.1 Å². The summed E-state index contributed by atoms with van der Waals surface area (Å²) in [6, 6.07) is 8.71. The minimum atomic E-state index is -0.238. The number of aryl methyl sites for hydroxylation is 1. The third-order valence-electron chi connectivity index (χ3n) is 3.14. The Kier molecular flexibility index (Phi) is 4.40. The first-order chi connectivity index (χ1) is 8.28. The molecule has 0 heterocycles. The van der Waals surface area contributed by atoms with E-state index in [0.29, 0.717) is 6.04 Å². The maximum absolute atomic E-state index is 9.80. The molecule has 1 aromatic carbocycles. The lowest BCUT2D eigenvalue weighted by Gasteiger charge is -2.11. The van der Waals surface area contributed by atoms with E-state index in [0.717, 1.165) is 25.1 Å². The zero-order valence-electron chi connectivity index (χ0n) is 10.4. The number of hydrogen-bond donors (Lipinski definition) is 2. The molecule has 0 amide bonds. The second-order valence-corrected chi connectivity index (χ2v) is 4.72. The average Bonchev–Trinajstić information content (AvgIpc) is 3.18. The van der Waals surface area contributed by atoms with Gasteiger partial charge in [0, 0.05) is 12.6 Å². The molecule has 1 aliphatic rings. The SMILES string of the molecule is COc1ccc(CCC(O)CNC2CC2)cc1. The highest BCUT2D eigenvalue weighted by Crippen LogP contribution is 2.18. The van der Waals surface area contributed by atoms with E-state index in [1.165, 1.54) is 18.4 Å². The highest BCUT2D eigenvalue weighted by atomic mass is 16.5. The van der Waals surface area contributed by atoms with Crippen molar-refractivity contribution < 1.29 is 9.84 Å². The summed E-state index contributed by atoms with van der Waals surface area (Å²) in [5, 5.41) is 13.1. The van der Waals surface area contributed by atoms with Crippen LogP contribution in [0.4, 0.5) is 0 Å². The van der Waals surface area contributed by atoms with Crippen LogP contribution in [-0.2, 0) is 6.42 Å². The molecule has 94 valence electrons. The monoisotopic (exact) mass is 235 g/mol. The summed E-state index contributed by atoms with van der Waals surface area (Å²) in [6.45, 7) is 0.723. The van der Waals surface area contributed by atoms with Gasteiger partial charge in [-0.1, -0.05) is 12.1 Å². The first kappa shape index (κ1) is 12.4. The fourth-order valence-electron chi connectivity index (χ4n) is 1.82. The molecule has 1 unspecified atom stereocenters. The molecule has 0 aromatic heterocycles. The molecule has 17 heavy (non-hydrogen) atoms. The predicted molar refractivity (Wildman–Crippen MR) is 68.3 cm³/mol. The van der Waals surface area contributed by atoms with Gasteiger partial charge in [-0.2, -0.15) is 0 Å². The molecule has 0 bridgehead atoms. The number of rotatable bonds is 7. The number of aliphatic hydroxyl groups excluding tert-OH is 1. The summed E-state index contributed by atoms with van der Waals surface area (Å²) >= 11 is 0. The van der Waals surface area contributed by atoms with Crippen LogP contribution in [0.5, 0.6) is 5.75 Å². The molecule has 0 spiro atoms. The Labute approximate surface area is 103 Å². The fraction of sp³-hybridized carbons (Fsp3) is 0.571. The van der Waals surface area contributed by atoms with Gasteiger partial charge < -0.3 is 15.2 Å². The van der Waals surface area contributed by atoms with Crippen molar-refractivity contribution in [1.29, 1.82) is 0 Å². The van der Waals surface area contributed by atoms with Crippen LogP contribution in [0.3, 0.4) is 0 Å². The third kappa shape index (κ3) is 4.36. The van der Waals surface area contributed by atoms with E-state index in [4.69, 9.17) is 4.74 Å². The summed E-state index contributed by atoms with van der Waals surface area (Å²) in [5.41, 5.74) is 1.25. The van der Waals surface area contributed by atoms with E-state index in [2.05, 4.69) is 17.4 Å². The average molecular weight is 235 g/mol. The van der Waals surface area contributed by atoms with Crippen LogP contribution in [-0.4, -0.2) is 30.9 Å². The van der Waals surface area contributed by atoms with Crippen molar-refractivity contribution in [3.8, 4) is 5.75 Å². The van der Waals surface area contributed by atoms with Gasteiger partial charge in [-0.15, -0.1) is 0 Å². The maximum atomic E-state index is 9.80. The van der Waals surface area contributed by atoms with Gasteiger partial charge in [0.25, 0.3) is 0 Å². The Morgan fingerprint density at radius 1 is 1.35 bits per heavy atom. The van der Waals surface area contributed by atoms with Crippen molar-refractivity contribution in [3.63, 3.8) is 0 Å². The van der Waals surface area contributed by atoms with Crippen LogP contribution in [0.25, 0.3) is 0 Å². The summed E-state index contributed by atoms with van der Waals surface area (Å²) in [6.07, 6.45) is 4.03. The lowest BCUT2D eigenvalue weighted by molar-refractivity contribution is 0.161. The first-order valence-electron chi connectivity index (χ1n) is 6.32. The summed E-state index contributed by atoms with van der Waals surface area (Å²) in [4.78, 5) is 0. The topological polar surface area (TPSA) is 41.5 Å². The zero-order chi connectivity index (χ0) is 12.1. The molecule has 0 saturated heterocycles. The van der Waals surface area contributed by atoms with E-state index in [9.17, 15) is 5.11 Å². The zero-order valence-corrected chi connectivity index (χ0v) is 10.4. The predicted octanol–water partition coefficient (Wildman–Crippen LogP) is 1.74. The molecule has 0 aliphatic heterocycles. The van der Waals surface area contributed by atoms with Crippen molar-refractivity contribution >= 4 is 0 Å². The van der Waals surface area contributed by atoms with Crippen LogP contribution in [0, 0.1) is 0 Å². The van der Waals surface area contributed by atoms with E-state index in [1.807, 2.05) is 12.1 Å². The van der Waals surface area contributed by atoms with E-state index in [-0.39, 0.29) is 6.10 Å². The summed E-state index contributed by atoms with van der Waals surface area (Å²) < 4.78 is 5.11. The van der Waals surface area contributed by atoms with Crippen LogP contribution in [0.1, 0.15) is 24.8 Å². The maximum Gasteiger partial charge on any atom is 0.118 e. The first-order valence-corrected chi connectivity index (χ1v) is 6.32. The number of nitrogens with one attached hydrogen (secondary N) is 1. The molecule has 1 saturated carbocycles. The Morgan fingerprint density at radius 3 is 2.65 bits per heavy atom. The number of hydrogen-bond acceptors (Lipinski definition) is 3. The van der Waals surface area contributed by atoms with Gasteiger partial charge in [0.05, 0.1) is 13.2 Å². The van der Waals surface area contributed by atoms with Gasteiger partial charge >= 0.3 is 0 Å². The fourth-order valence-corrected chi connectivity index (χ4v) is 1.82.